The smallest absolute Gasteiger partial charge is 0.213 e. The SMILES string of the molecule is CC1(C)CCCC1NS(=O)(=O)CCNC1CC1. The Labute approximate surface area is 105 Å². The maximum Gasteiger partial charge on any atom is 0.213 e. The Morgan fingerprint density at radius 2 is 1.94 bits per heavy atom. The topological polar surface area (TPSA) is 58.2 Å². The van der Waals surface area contributed by atoms with E-state index in [1.807, 2.05) is 0 Å². The van der Waals surface area contributed by atoms with Crippen LogP contribution < -0.4 is 10.0 Å². The molecule has 0 aliphatic heterocycles. The summed E-state index contributed by atoms with van der Waals surface area (Å²) in [5.41, 5.74) is 0.108. The molecule has 5 heteroatoms. The second-order valence-corrected chi connectivity index (χ2v) is 7.97. The highest BCUT2D eigenvalue weighted by atomic mass is 32.2. The molecule has 0 saturated heterocycles. The number of sulfonamides is 1. The minimum absolute atomic E-state index is 0.108. The van der Waals surface area contributed by atoms with E-state index < -0.39 is 10.0 Å². The Bertz CT molecular complexity index is 361. The Morgan fingerprint density at radius 3 is 2.47 bits per heavy atom. The molecule has 2 aliphatic rings. The molecule has 4 nitrogen and oxygen atoms in total. The first kappa shape index (κ1) is 13.3. The average Bonchev–Trinajstić information content (AvgIpc) is 2.94. The minimum atomic E-state index is -3.12. The van der Waals surface area contributed by atoms with Crippen LogP contribution in [0.1, 0.15) is 46.0 Å². The molecule has 0 amide bonds. The molecule has 0 spiro atoms. The van der Waals surface area contributed by atoms with Crippen molar-refractivity contribution in [1.82, 2.24) is 10.0 Å². The number of hydrogen-bond donors (Lipinski definition) is 2. The average molecular weight is 260 g/mol. The molecule has 2 rings (SSSR count). The zero-order chi connectivity index (χ0) is 12.5. The van der Waals surface area contributed by atoms with Crippen LogP contribution in [0.4, 0.5) is 0 Å². The third-order valence-electron chi connectivity index (χ3n) is 3.96. The predicted octanol–water partition coefficient (Wildman–Crippen LogP) is 1.24. The summed E-state index contributed by atoms with van der Waals surface area (Å²) in [6, 6.07) is 0.696. The molecular formula is C12H24N2O2S. The van der Waals surface area contributed by atoms with Crippen molar-refractivity contribution >= 4 is 10.0 Å². The summed E-state index contributed by atoms with van der Waals surface area (Å²) >= 11 is 0. The van der Waals surface area contributed by atoms with Gasteiger partial charge in [-0.3, -0.25) is 0 Å². The molecule has 17 heavy (non-hydrogen) atoms. The van der Waals surface area contributed by atoms with Crippen LogP contribution in [0.5, 0.6) is 0 Å². The molecule has 2 fully saturated rings. The van der Waals surface area contributed by atoms with Gasteiger partial charge in [0.25, 0.3) is 0 Å². The van der Waals surface area contributed by atoms with E-state index in [1.165, 1.54) is 12.8 Å². The first-order valence-electron chi connectivity index (χ1n) is 6.62. The van der Waals surface area contributed by atoms with Gasteiger partial charge in [0.05, 0.1) is 5.75 Å². The molecule has 2 aliphatic carbocycles. The maximum absolute atomic E-state index is 11.9. The second kappa shape index (κ2) is 4.86. The minimum Gasteiger partial charge on any atom is -0.313 e. The maximum atomic E-state index is 11.9. The quantitative estimate of drug-likeness (QED) is 0.755. The number of rotatable bonds is 6. The summed E-state index contributed by atoms with van der Waals surface area (Å²) in [5, 5.41) is 3.24. The summed E-state index contributed by atoms with van der Waals surface area (Å²) in [6.45, 7) is 4.87. The van der Waals surface area contributed by atoms with Gasteiger partial charge in [-0.2, -0.15) is 0 Å². The van der Waals surface area contributed by atoms with E-state index >= 15 is 0 Å². The van der Waals surface area contributed by atoms with Gasteiger partial charge in [-0.05, 0) is 31.1 Å². The second-order valence-electron chi connectivity index (χ2n) is 6.10. The summed E-state index contributed by atoms with van der Waals surface area (Å²) < 4.78 is 26.7. The largest absolute Gasteiger partial charge is 0.313 e. The van der Waals surface area contributed by atoms with Gasteiger partial charge in [-0.25, -0.2) is 13.1 Å². The van der Waals surface area contributed by atoms with Crippen molar-refractivity contribution in [2.24, 2.45) is 5.41 Å². The lowest BCUT2D eigenvalue weighted by atomic mass is 9.88. The fraction of sp³-hybridized carbons (Fsp3) is 1.00. The van der Waals surface area contributed by atoms with Gasteiger partial charge in [0.1, 0.15) is 0 Å². The van der Waals surface area contributed by atoms with Crippen LogP contribution in [-0.2, 0) is 10.0 Å². The highest BCUT2D eigenvalue weighted by molar-refractivity contribution is 7.89. The molecule has 1 unspecified atom stereocenters. The lowest BCUT2D eigenvalue weighted by Gasteiger charge is -2.27. The van der Waals surface area contributed by atoms with Crippen molar-refractivity contribution < 1.29 is 8.42 Å². The monoisotopic (exact) mass is 260 g/mol. The number of nitrogens with one attached hydrogen (secondary N) is 2. The Balaban J connectivity index is 1.79. The van der Waals surface area contributed by atoms with E-state index in [9.17, 15) is 8.42 Å². The highest BCUT2D eigenvalue weighted by Gasteiger charge is 2.36. The number of hydrogen-bond acceptors (Lipinski definition) is 3. The first-order valence-corrected chi connectivity index (χ1v) is 8.28. The van der Waals surface area contributed by atoms with Gasteiger partial charge in [-0.15, -0.1) is 0 Å². The van der Waals surface area contributed by atoms with Gasteiger partial charge >= 0.3 is 0 Å². The lowest BCUT2D eigenvalue weighted by molar-refractivity contribution is 0.313. The Hall–Kier alpha value is -0.130. The fourth-order valence-corrected chi connectivity index (χ4v) is 3.88. The van der Waals surface area contributed by atoms with Gasteiger partial charge in [-0.1, -0.05) is 20.3 Å². The Kier molecular flexibility index (Phi) is 3.80. The van der Waals surface area contributed by atoms with E-state index in [0.717, 1.165) is 19.3 Å². The van der Waals surface area contributed by atoms with Crippen molar-refractivity contribution in [2.45, 2.75) is 58.0 Å². The van der Waals surface area contributed by atoms with Gasteiger partial charge in [0, 0.05) is 18.6 Å². The van der Waals surface area contributed by atoms with Crippen molar-refractivity contribution in [1.29, 1.82) is 0 Å². The van der Waals surface area contributed by atoms with E-state index in [1.54, 1.807) is 0 Å². The van der Waals surface area contributed by atoms with Crippen LogP contribution in [0.2, 0.25) is 0 Å². The van der Waals surface area contributed by atoms with E-state index in [4.69, 9.17) is 0 Å². The van der Waals surface area contributed by atoms with E-state index in [-0.39, 0.29) is 17.2 Å². The lowest BCUT2D eigenvalue weighted by Crippen LogP contribution is -2.43. The van der Waals surface area contributed by atoms with Gasteiger partial charge < -0.3 is 5.32 Å². The van der Waals surface area contributed by atoms with Gasteiger partial charge in [0.15, 0.2) is 0 Å². The molecule has 1 atom stereocenters. The Morgan fingerprint density at radius 1 is 1.24 bits per heavy atom. The van der Waals surface area contributed by atoms with Crippen LogP contribution >= 0.6 is 0 Å². The molecule has 2 saturated carbocycles. The molecule has 0 aromatic heterocycles. The van der Waals surface area contributed by atoms with Crippen molar-refractivity contribution in [3.63, 3.8) is 0 Å². The summed E-state index contributed by atoms with van der Waals surface area (Å²) in [7, 11) is -3.12. The molecule has 2 N–H and O–H groups in total. The van der Waals surface area contributed by atoms with E-state index in [0.29, 0.717) is 12.6 Å². The zero-order valence-electron chi connectivity index (χ0n) is 10.8. The molecule has 0 aromatic rings. The molecule has 0 bridgehead atoms. The van der Waals surface area contributed by atoms with Crippen LogP contribution in [-0.4, -0.2) is 32.8 Å². The van der Waals surface area contributed by atoms with Crippen molar-refractivity contribution in [3.05, 3.63) is 0 Å². The van der Waals surface area contributed by atoms with Crippen molar-refractivity contribution in [3.8, 4) is 0 Å². The first-order chi connectivity index (χ1) is 7.89. The standard InChI is InChI=1S/C12H24N2O2S/c1-12(2)7-3-4-11(12)14-17(15,16)9-8-13-10-5-6-10/h10-11,13-14H,3-9H2,1-2H3. The molecule has 100 valence electrons. The fourth-order valence-electron chi connectivity index (χ4n) is 2.51. The third kappa shape index (κ3) is 3.93. The normalized spacial score (nSPS) is 28.5. The van der Waals surface area contributed by atoms with Gasteiger partial charge in [0.2, 0.25) is 10.0 Å². The molecular weight excluding hydrogens is 236 g/mol. The van der Waals surface area contributed by atoms with Crippen LogP contribution in [0.25, 0.3) is 0 Å². The molecule has 0 aromatic carbocycles. The molecule has 0 heterocycles. The van der Waals surface area contributed by atoms with E-state index in [2.05, 4.69) is 23.9 Å². The third-order valence-corrected chi connectivity index (χ3v) is 5.35. The molecule has 0 radical (unpaired) electrons. The summed E-state index contributed by atoms with van der Waals surface area (Å²) in [4.78, 5) is 0. The van der Waals surface area contributed by atoms with Crippen LogP contribution in [0.15, 0.2) is 0 Å². The summed E-state index contributed by atoms with van der Waals surface area (Å²) in [5.74, 6) is 0.204. The van der Waals surface area contributed by atoms with Crippen molar-refractivity contribution in [2.75, 3.05) is 12.3 Å². The van der Waals surface area contributed by atoms with Crippen LogP contribution in [0.3, 0.4) is 0 Å². The predicted molar refractivity (Wildman–Crippen MR) is 69.4 cm³/mol. The zero-order valence-corrected chi connectivity index (χ0v) is 11.6. The summed E-state index contributed by atoms with van der Waals surface area (Å²) in [6.07, 6.45) is 5.61. The van der Waals surface area contributed by atoms with Crippen LogP contribution in [0, 0.1) is 5.41 Å². The highest BCUT2D eigenvalue weighted by Crippen LogP contribution is 2.37.